The predicted molar refractivity (Wildman–Crippen MR) is 162 cm³/mol. The lowest BCUT2D eigenvalue weighted by atomic mass is 9.94. The highest BCUT2D eigenvalue weighted by Gasteiger charge is 2.43. The summed E-state index contributed by atoms with van der Waals surface area (Å²) in [5.74, 6) is 1.49. The number of rotatable bonds is 9. The van der Waals surface area contributed by atoms with Crippen molar-refractivity contribution in [3.8, 4) is 0 Å². The monoisotopic (exact) mass is 585 g/mol. The summed E-state index contributed by atoms with van der Waals surface area (Å²) in [6.07, 6.45) is 8.00. The summed E-state index contributed by atoms with van der Waals surface area (Å²) in [4.78, 5) is 24.1. The van der Waals surface area contributed by atoms with Gasteiger partial charge in [0, 0.05) is 63.5 Å². The lowest BCUT2D eigenvalue weighted by molar-refractivity contribution is -0.133. The lowest BCUT2D eigenvalue weighted by Gasteiger charge is -2.39. The Morgan fingerprint density at radius 1 is 1.07 bits per heavy atom. The van der Waals surface area contributed by atoms with E-state index in [0.29, 0.717) is 24.4 Å². The van der Waals surface area contributed by atoms with Gasteiger partial charge in [0.1, 0.15) is 6.54 Å². The maximum atomic E-state index is 12.7. The molecule has 1 amide bonds. The lowest BCUT2D eigenvalue weighted by Crippen LogP contribution is -2.48. The van der Waals surface area contributed by atoms with Crippen LogP contribution in [0.4, 0.5) is 17.3 Å². The van der Waals surface area contributed by atoms with Gasteiger partial charge in [-0.15, -0.1) is 5.10 Å². The fourth-order valence-corrected chi connectivity index (χ4v) is 6.78. The van der Waals surface area contributed by atoms with Crippen molar-refractivity contribution in [1.29, 1.82) is 0 Å². The van der Waals surface area contributed by atoms with Crippen molar-refractivity contribution in [3.05, 3.63) is 66.1 Å². The molecule has 2 saturated heterocycles. The highest BCUT2D eigenvalue weighted by molar-refractivity contribution is 5.76. The second kappa shape index (κ2) is 11.9. The van der Waals surface area contributed by atoms with Gasteiger partial charge in [-0.25, -0.2) is 4.52 Å². The number of carbonyl (C=O) groups excluding carboxylic acids is 1. The molecule has 12 nitrogen and oxygen atoms in total. The third kappa shape index (κ3) is 5.95. The Morgan fingerprint density at radius 2 is 1.86 bits per heavy atom. The highest BCUT2D eigenvalue weighted by atomic mass is 16.5. The topological polar surface area (TPSA) is 116 Å². The Bertz CT molecular complexity index is 1560. The molecule has 1 aliphatic carbocycles. The molecule has 2 atom stereocenters. The molecule has 7 rings (SSSR count). The van der Waals surface area contributed by atoms with Crippen molar-refractivity contribution in [1.82, 2.24) is 34.2 Å². The van der Waals surface area contributed by atoms with Gasteiger partial charge in [-0.05, 0) is 43.1 Å². The van der Waals surface area contributed by atoms with Crippen LogP contribution >= 0.6 is 0 Å². The summed E-state index contributed by atoms with van der Waals surface area (Å²) in [5, 5.41) is 21.8. The number of carbonyl (C=O) groups is 1. The van der Waals surface area contributed by atoms with E-state index in [0.717, 1.165) is 80.3 Å². The van der Waals surface area contributed by atoms with Crippen molar-refractivity contribution in [2.75, 3.05) is 56.5 Å². The number of pyridine rings is 1. The van der Waals surface area contributed by atoms with Crippen LogP contribution in [0.25, 0.3) is 5.65 Å². The molecule has 3 fully saturated rings. The first-order valence-corrected chi connectivity index (χ1v) is 15.2. The third-order valence-electron chi connectivity index (χ3n) is 9.09. The first kappa shape index (κ1) is 27.8. The molecule has 2 unspecified atom stereocenters. The van der Waals surface area contributed by atoms with Gasteiger partial charge in [-0.2, -0.15) is 10.1 Å². The number of aliphatic hydroxyl groups is 1. The molecule has 2 bridgehead atoms. The van der Waals surface area contributed by atoms with E-state index in [1.807, 2.05) is 46.1 Å². The normalized spacial score (nSPS) is 22.4. The number of hydrogen-bond donors (Lipinski definition) is 2. The van der Waals surface area contributed by atoms with Gasteiger partial charge in [-0.3, -0.25) is 9.48 Å². The summed E-state index contributed by atoms with van der Waals surface area (Å²) in [5.41, 5.74) is 4.64. The van der Waals surface area contributed by atoms with Gasteiger partial charge in [0.05, 0.1) is 36.9 Å². The van der Waals surface area contributed by atoms with Crippen LogP contribution in [0, 0.1) is 11.8 Å². The maximum absolute atomic E-state index is 12.7. The predicted octanol–water partition coefficient (Wildman–Crippen LogP) is 2.37. The average Bonchev–Trinajstić information content (AvgIpc) is 3.71. The molecule has 0 spiro atoms. The zero-order valence-corrected chi connectivity index (χ0v) is 24.5. The molecule has 4 aromatic rings. The van der Waals surface area contributed by atoms with Gasteiger partial charge in [-0.1, -0.05) is 24.3 Å². The van der Waals surface area contributed by atoms with Crippen LogP contribution < -0.4 is 10.2 Å². The van der Waals surface area contributed by atoms with Crippen LogP contribution in [-0.2, 0) is 29.3 Å². The molecule has 3 aromatic heterocycles. The van der Waals surface area contributed by atoms with E-state index in [1.54, 1.807) is 10.9 Å². The molecule has 12 heteroatoms. The Hall–Kier alpha value is -4.00. The Labute approximate surface area is 250 Å². The molecular weight excluding hydrogens is 546 g/mol. The van der Waals surface area contributed by atoms with E-state index in [1.165, 1.54) is 0 Å². The zero-order valence-electron chi connectivity index (χ0n) is 24.5. The second-order valence-electron chi connectivity index (χ2n) is 12.1. The number of amides is 1. The standard InChI is InChI=1S/C31H39N9O3/c1-36-10-12-37(13-11-36)28(42)19-39-18-26(15-32-39)33-31-34-30-27(6-3-9-40(30)35-31)38-16-24-7-8-25(17-38)29(24)43-21-23-5-2-4-22(14-23)20-41/h2-6,9,14-15,18,24-25,29,41H,7-8,10-13,16-17,19-21H2,1H3,(H,33,35). The van der Waals surface area contributed by atoms with Crippen LogP contribution in [0.3, 0.4) is 0 Å². The van der Waals surface area contributed by atoms with E-state index in [-0.39, 0.29) is 25.2 Å². The van der Waals surface area contributed by atoms with Crippen LogP contribution in [0.15, 0.2) is 55.0 Å². The van der Waals surface area contributed by atoms with E-state index >= 15 is 0 Å². The third-order valence-corrected chi connectivity index (χ3v) is 9.09. The Balaban J connectivity index is 0.994. The first-order chi connectivity index (χ1) is 21.0. The Morgan fingerprint density at radius 3 is 2.65 bits per heavy atom. The molecule has 226 valence electrons. The van der Waals surface area contributed by atoms with E-state index in [2.05, 4.69) is 44.5 Å². The van der Waals surface area contributed by atoms with Crippen LogP contribution in [-0.4, -0.2) is 97.6 Å². The quantitative estimate of drug-likeness (QED) is 0.305. The summed E-state index contributed by atoms with van der Waals surface area (Å²) in [7, 11) is 2.08. The molecule has 1 aromatic carbocycles. The summed E-state index contributed by atoms with van der Waals surface area (Å²) < 4.78 is 9.96. The number of benzene rings is 1. The summed E-state index contributed by atoms with van der Waals surface area (Å²) >= 11 is 0. The minimum absolute atomic E-state index is 0.0463. The Kier molecular flexibility index (Phi) is 7.72. The van der Waals surface area contributed by atoms with Gasteiger partial charge < -0.3 is 29.9 Å². The number of anilines is 3. The minimum atomic E-state index is 0.0463. The smallest absolute Gasteiger partial charge is 0.247 e. The minimum Gasteiger partial charge on any atom is -0.392 e. The number of nitrogens with zero attached hydrogens (tertiary/aromatic N) is 8. The number of likely N-dealkylation sites (N-methyl/N-ethyl adjacent to an activating group) is 1. The zero-order chi connectivity index (χ0) is 29.3. The first-order valence-electron chi connectivity index (χ1n) is 15.2. The van der Waals surface area contributed by atoms with Crippen molar-refractivity contribution in [2.45, 2.75) is 38.7 Å². The van der Waals surface area contributed by atoms with Crippen molar-refractivity contribution in [3.63, 3.8) is 0 Å². The molecule has 2 N–H and O–H groups in total. The number of aliphatic hydroxyl groups excluding tert-OH is 1. The van der Waals surface area contributed by atoms with E-state index < -0.39 is 0 Å². The number of ether oxygens (including phenoxy) is 1. The van der Waals surface area contributed by atoms with Crippen LogP contribution in [0.5, 0.6) is 0 Å². The molecule has 2 aliphatic heterocycles. The maximum Gasteiger partial charge on any atom is 0.247 e. The van der Waals surface area contributed by atoms with Gasteiger partial charge >= 0.3 is 0 Å². The number of hydrogen-bond acceptors (Lipinski definition) is 9. The molecule has 1 saturated carbocycles. The number of aromatic nitrogens is 5. The van der Waals surface area contributed by atoms with E-state index in [9.17, 15) is 9.90 Å². The van der Waals surface area contributed by atoms with Gasteiger partial charge in [0.15, 0.2) is 5.65 Å². The second-order valence-corrected chi connectivity index (χ2v) is 12.1. The van der Waals surface area contributed by atoms with E-state index in [4.69, 9.17) is 9.72 Å². The summed E-state index contributed by atoms with van der Waals surface area (Å²) in [6, 6.07) is 12.1. The fraction of sp³-hybridized carbons (Fsp3) is 0.484. The molecule has 5 heterocycles. The molecule has 43 heavy (non-hydrogen) atoms. The molecule has 0 radical (unpaired) electrons. The SMILES string of the molecule is CN1CCN(C(=O)Cn2cc(Nc3nc4c(N5CC6CCC(C5)C6OCc5cccc(CO)c5)cccn4n3)cn2)CC1. The average molecular weight is 586 g/mol. The van der Waals surface area contributed by atoms with Gasteiger partial charge in [0.2, 0.25) is 11.9 Å². The van der Waals surface area contributed by atoms with Gasteiger partial charge in [0.25, 0.3) is 0 Å². The van der Waals surface area contributed by atoms with Crippen molar-refractivity contribution in [2.24, 2.45) is 11.8 Å². The highest BCUT2D eigenvalue weighted by Crippen LogP contribution is 2.41. The van der Waals surface area contributed by atoms with Crippen LogP contribution in [0.2, 0.25) is 0 Å². The van der Waals surface area contributed by atoms with Crippen LogP contribution in [0.1, 0.15) is 24.0 Å². The molecular formula is C31H39N9O3. The molecule has 3 aliphatic rings. The van der Waals surface area contributed by atoms with Crippen molar-refractivity contribution >= 4 is 28.9 Å². The number of nitrogens with one attached hydrogen (secondary N) is 1. The number of piperazine rings is 1. The van der Waals surface area contributed by atoms with Crippen molar-refractivity contribution < 1.29 is 14.6 Å². The number of fused-ring (bicyclic) bond motifs is 3. The number of piperidine rings is 1. The fourth-order valence-electron chi connectivity index (χ4n) is 6.78. The largest absolute Gasteiger partial charge is 0.392 e. The summed E-state index contributed by atoms with van der Waals surface area (Å²) in [6.45, 7) is 5.96.